The average molecular weight is 481 g/mol. The van der Waals surface area contributed by atoms with E-state index in [1.807, 2.05) is 22.7 Å². The van der Waals surface area contributed by atoms with Crippen LogP contribution in [0, 0.1) is 0 Å². The highest BCUT2D eigenvalue weighted by Crippen LogP contribution is 2.38. The molecule has 0 spiro atoms. The molecule has 0 saturated heterocycles. The van der Waals surface area contributed by atoms with Crippen molar-refractivity contribution < 1.29 is 0 Å². The second kappa shape index (κ2) is 9.68. The molecule has 0 nitrogen and oxygen atoms in total. The predicted molar refractivity (Wildman–Crippen MR) is 156 cm³/mol. The van der Waals surface area contributed by atoms with Crippen LogP contribution in [0.25, 0.3) is 52.5 Å². The molecule has 0 aliphatic carbocycles. The van der Waals surface area contributed by atoms with Crippen molar-refractivity contribution >= 4 is 75.2 Å². The first kappa shape index (κ1) is 22.1. The van der Waals surface area contributed by atoms with Crippen LogP contribution in [-0.4, -0.2) is 0 Å². The van der Waals surface area contributed by atoms with E-state index in [-0.39, 0.29) is 0 Å². The lowest BCUT2D eigenvalue weighted by Gasteiger charge is -2.08. The van der Waals surface area contributed by atoms with E-state index in [2.05, 4.69) is 73.0 Å². The van der Waals surface area contributed by atoms with Crippen LogP contribution in [0.2, 0.25) is 0 Å². The summed E-state index contributed by atoms with van der Waals surface area (Å²) in [4.78, 5) is 1.55. The third-order valence-corrected chi connectivity index (χ3v) is 9.41. The van der Waals surface area contributed by atoms with Gasteiger partial charge < -0.3 is 0 Å². The number of aryl methyl sites for hydroxylation is 1. The Kier molecular flexibility index (Phi) is 6.28. The minimum Gasteiger partial charge on any atom is -0.144 e. The monoisotopic (exact) mass is 480 g/mol. The number of thiophene rings is 2. The van der Waals surface area contributed by atoms with Gasteiger partial charge in [0, 0.05) is 14.3 Å². The van der Waals surface area contributed by atoms with Gasteiger partial charge in [0.2, 0.25) is 0 Å². The molecular weight excluding hydrogens is 448 g/mol. The maximum absolute atomic E-state index is 2.45. The van der Waals surface area contributed by atoms with Crippen LogP contribution in [0.4, 0.5) is 0 Å². The van der Waals surface area contributed by atoms with Gasteiger partial charge in [-0.1, -0.05) is 76.1 Å². The van der Waals surface area contributed by atoms with Crippen molar-refractivity contribution in [2.24, 2.45) is 0 Å². The minimum absolute atomic E-state index is 1.23. The fourth-order valence-corrected chi connectivity index (χ4v) is 7.42. The normalized spacial score (nSPS) is 12.1. The van der Waals surface area contributed by atoms with E-state index in [0.29, 0.717) is 0 Å². The van der Waals surface area contributed by atoms with Crippen molar-refractivity contribution in [2.75, 3.05) is 0 Å². The van der Waals surface area contributed by atoms with Crippen LogP contribution in [-0.2, 0) is 6.42 Å². The van der Waals surface area contributed by atoms with Gasteiger partial charge in [0.15, 0.2) is 0 Å². The second-order valence-electron chi connectivity index (χ2n) is 9.81. The van der Waals surface area contributed by atoms with Gasteiger partial charge in [-0.2, -0.15) is 0 Å². The number of rotatable bonds is 9. The molecule has 0 saturated carbocycles. The minimum atomic E-state index is 1.23. The lowest BCUT2D eigenvalue weighted by molar-refractivity contribution is 0.576. The number of hydrogen-bond acceptors (Lipinski definition) is 2. The van der Waals surface area contributed by atoms with Crippen LogP contribution in [0.3, 0.4) is 0 Å². The van der Waals surface area contributed by atoms with Gasteiger partial charge in [-0.3, -0.25) is 0 Å². The molecule has 0 radical (unpaired) electrons. The fourth-order valence-electron chi connectivity index (χ4n) is 5.48. The Morgan fingerprint density at radius 2 is 1.18 bits per heavy atom. The Balaban J connectivity index is 1.27. The molecule has 0 aliphatic heterocycles. The summed E-state index contributed by atoms with van der Waals surface area (Å²) >= 11 is 3.84. The van der Waals surface area contributed by atoms with Gasteiger partial charge >= 0.3 is 0 Å². The van der Waals surface area contributed by atoms with Gasteiger partial charge in [0.05, 0.1) is 0 Å². The first-order chi connectivity index (χ1) is 16.8. The smallest absolute Gasteiger partial charge is 0.0352 e. The molecule has 6 aromatic rings. The van der Waals surface area contributed by atoms with Crippen molar-refractivity contribution in [3.63, 3.8) is 0 Å². The molecule has 0 amide bonds. The van der Waals surface area contributed by atoms with Crippen LogP contribution in [0.5, 0.6) is 0 Å². The Morgan fingerprint density at radius 3 is 1.91 bits per heavy atom. The first-order valence-electron chi connectivity index (χ1n) is 13.0. The Morgan fingerprint density at radius 1 is 0.529 bits per heavy atom. The predicted octanol–water partition coefficient (Wildman–Crippen LogP) is 11.3. The zero-order chi connectivity index (χ0) is 22.9. The highest BCUT2D eigenvalue weighted by Gasteiger charge is 2.10. The number of benzene rings is 4. The lowest BCUT2D eigenvalue weighted by atomic mass is 9.96. The third kappa shape index (κ3) is 4.23. The average Bonchev–Trinajstić information content (AvgIpc) is 3.48. The van der Waals surface area contributed by atoms with Crippen molar-refractivity contribution in [1.29, 1.82) is 0 Å². The second-order valence-corrected chi connectivity index (χ2v) is 11.9. The van der Waals surface area contributed by atoms with Crippen LogP contribution >= 0.6 is 22.7 Å². The summed E-state index contributed by atoms with van der Waals surface area (Å²) in [6, 6.07) is 23.5. The quantitative estimate of drug-likeness (QED) is 0.142. The molecule has 0 aliphatic rings. The van der Waals surface area contributed by atoms with Crippen LogP contribution in [0.1, 0.15) is 63.2 Å². The molecule has 0 N–H and O–H groups in total. The van der Waals surface area contributed by atoms with Gasteiger partial charge in [0.1, 0.15) is 0 Å². The fraction of sp³-hybridized carbons (Fsp3) is 0.312. The standard InChI is InChI=1S/C32H32S2/c1-2-3-4-5-6-7-8-9-10-26-19-25-18-23-12-14-27-28(30(23)21-32(25)34-26)13-11-22-17-24-15-16-33-31(24)20-29(22)27/h11-21H,2-10H2,1H3. The summed E-state index contributed by atoms with van der Waals surface area (Å²) < 4.78 is 2.81. The molecule has 4 aromatic carbocycles. The van der Waals surface area contributed by atoms with E-state index >= 15 is 0 Å². The Bertz CT molecular complexity index is 1600. The van der Waals surface area contributed by atoms with E-state index in [1.165, 1.54) is 110 Å². The summed E-state index contributed by atoms with van der Waals surface area (Å²) in [6.07, 6.45) is 12.3. The maximum Gasteiger partial charge on any atom is 0.0352 e. The largest absolute Gasteiger partial charge is 0.144 e. The molecule has 0 bridgehead atoms. The van der Waals surface area contributed by atoms with Gasteiger partial charge in [-0.15, -0.1) is 22.7 Å². The number of hydrogen-bond donors (Lipinski definition) is 0. The lowest BCUT2D eigenvalue weighted by Crippen LogP contribution is -1.83. The first-order valence-corrected chi connectivity index (χ1v) is 14.7. The third-order valence-electron chi connectivity index (χ3n) is 7.37. The topological polar surface area (TPSA) is 0 Å². The Hall–Kier alpha value is -2.42. The Labute approximate surface area is 210 Å². The molecule has 0 unspecified atom stereocenters. The summed E-state index contributed by atoms with van der Waals surface area (Å²) in [7, 11) is 0. The van der Waals surface area contributed by atoms with E-state index in [1.54, 1.807) is 4.88 Å². The molecule has 0 fully saturated rings. The molecular formula is C32H32S2. The van der Waals surface area contributed by atoms with E-state index in [4.69, 9.17) is 0 Å². The summed E-state index contributed by atoms with van der Waals surface area (Å²) in [6.45, 7) is 2.29. The molecule has 2 aromatic heterocycles. The zero-order valence-corrected chi connectivity index (χ0v) is 21.7. The molecule has 0 atom stereocenters. The van der Waals surface area contributed by atoms with Crippen LogP contribution in [0.15, 0.2) is 66.0 Å². The van der Waals surface area contributed by atoms with Crippen LogP contribution < -0.4 is 0 Å². The zero-order valence-electron chi connectivity index (χ0n) is 20.0. The molecule has 2 heterocycles. The van der Waals surface area contributed by atoms with E-state index in [9.17, 15) is 0 Å². The molecule has 172 valence electrons. The summed E-state index contributed by atoms with van der Waals surface area (Å²) in [5.41, 5.74) is 0. The summed E-state index contributed by atoms with van der Waals surface area (Å²) in [5, 5.41) is 13.1. The van der Waals surface area contributed by atoms with Crippen molar-refractivity contribution in [3.8, 4) is 0 Å². The van der Waals surface area contributed by atoms with E-state index in [0.717, 1.165) is 0 Å². The highest BCUT2D eigenvalue weighted by molar-refractivity contribution is 7.19. The maximum atomic E-state index is 2.45. The summed E-state index contributed by atoms with van der Waals surface area (Å²) in [5.74, 6) is 0. The SMILES string of the molecule is CCCCCCCCCCc1cc2cc3ccc4c5cc6sccc6cc5ccc4c3cc2s1. The van der Waals surface area contributed by atoms with Crippen molar-refractivity contribution in [3.05, 3.63) is 70.9 Å². The molecule has 2 heteroatoms. The van der Waals surface area contributed by atoms with Crippen molar-refractivity contribution in [1.82, 2.24) is 0 Å². The van der Waals surface area contributed by atoms with Gasteiger partial charge in [-0.25, -0.2) is 0 Å². The number of unbranched alkanes of at least 4 members (excludes halogenated alkanes) is 7. The highest BCUT2D eigenvalue weighted by atomic mass is 32.1. The van der Waals surface area contributed by atoms with Crippen molar-refractivity contribution in [2.45, 2.75) is 64.7 Å². The number of fused-ring (bicyclic) bond motifs is 7. The molecule has 6 rings (SSSR count). The molecule has 34 heavy (non-hydrogen) atoms. The van der Waals surface area contributed by atoms with E-state index < -0.39 is 0 Å². The van der Waals surface area contributed by atoms with Gasteiger partial charge in [0.25, 0.3) is 0 Å². The van der Waals surface area contributed by atoms with Gasteiger partial charge in [-0.05, 0) is 97.7 Å².